The Morgan fingerprint density at radius 2 is 2.06 bits per heavy atom. The van der Waals surface area contributed by atoms with Crippen molar-refractivity contribution in [2.75, 3.05) is 7.11 Å². The Labute approximate surface area is 121 Å². The summed E-state index contributed by atoms with van der Waals surface area (Å²) in [6.45, 7) is 0. The van der Waals surface area contributed by atoms with Crippen molar-refractivity contribution in [3.05, 3.63) is 49.0 Å². The van der Waals surface area contributed by atoms with E-state index in [0.717, 1.165) is 25.1 Å². The van der Waals surface area contributed by atoms with Gasteiger partial charge in [0.2, 0.25) is 0 Å². The quantitative estimate of drug-likeness (QED) is 0.865. The normalized spacial score (nSPS) is 12.5. The van der Waals surface area contributed by atoms with Crippen LogP contribution in [0, 0.1) is 0 Å². The Balaban J connectivity index is 2.34. The fourth-order valence-corrected chi connectivity index (χ4v) is 3.37. The third-order valence-corrected chi connectivity index (χ3v) is 4.70. The van der Waals surface area contributed by atoms with Crippen molar-refractivity contribution >= 4 is 43.2 Å². The minimum atomic E-state index is -0.127. The number of thiophene rings is 1. The zero-order chi connectivity index (χ0) is 12.4. The summed E-state index contributed by atoms with van der Waals surface area (Å²) in [6, 6.07) is 7.75. The van der Waals surface area contributed by atoms with Gasteiger partial charge in [-0.15, -0.1) is 11.3 Å². The maximum atomic E-state index is 6.24. The molecule has 90 valence electrons. The molecule has 0 fully saturated rings. The molecule has 0 radical (unpaired) electrons. The Bertz CT molecular complexity index is 527. The first-order valence-corrected chi connectivity index (χ1v) is 7.41. The fourth-order valence-electron chi connectivity index (χ4n) is 1.55. The molecular weight excluding hydrogens is 366 g/mol. The Morgan fingerprint density at radius 3 is 2.59 bits per heavy atom. The maximum Gasteiger partial charge on any atom is 0.120 e. The van der Waals surface area contributed by atoms with Gasteiger partial charge in [0.1, 0.15) is 5.75 Å². The molecule has 0 saturated carbocycles. The van der Waals surface area contributed by atoms with Gasteiger partial charge in [-0.2, -0.15) is 0 Å². The van der Waals surface area contributed by atoms with Gasteiger partial charge in [-0.3, -0.25) is 0 Å². The number of nitrogens with two attached hydrogens (primary N) is 1. The molecule has 1 atom stereocenters. The second-order valence-corrected chi connectivity index (χ2v) is 6.69. The van der Waals surface area contributed by atoms with Gasteiger partial charge in [0.25, 0.3) is 0 Å². The van der Waals surface area contributed by atoms with Crippen molar-refractivity contribution in [3.8, 4) is 5.75 Å². The van der Waals surface area contributed by atoms with Gasteiger partial charge >= 0.3 is 0 Å². The van der Waals surface area contributed by atoms with Gasteiger partial charge < -0.3 is 10.5 Å². The summed E-state index contributed by atoms with van der Waals surface area (Å²) in [7, 11) is 1.65. The van der Waals surface area contributed by atoms with E-state index in [1.54, 1.807) is 18.4 Å². The van der Waals surface area contributed by atoms with E-state index in [2.05, 4.69) is 37.2 Å². The van der Waals surface area contributed by atoms with E-state index in [9.17, 15) is 0 Å². The zero-order valence-electron chi connectivity index (χ0n) is 9.11. The van der Waals surface area contributed by atoms with Crippen LogP contribution in [0.3, 0.4) is 0 Å². The molecule has 5 heteroatoms. The number of ether oxygens (including phenoxy) is 1. The molecule has 1 aromatic heterocycles. The monoisotopic (exact) mass is 375 g/mol. The van der Waals surface area contributed by atoms with E-state index in [4.69, 9.17) is 10.5 Å². The van der Waals surface area contributed by atoms with Crippen LogP contribution in [-0.2, 0) is 0 Å². The van der Waals surface area contributed by atoms with Crippen LogP contribution in [-0.4, -0.2) is 7.11 Å². The molecule has 1 heterocycles. The molecule has 0 amide bonds. The summed E-state index contributed by atoms with van der Waals surface area (Å²) in [5, 5.41) is 2.06. The molecule has 0 aliphatic heterocycles. The van der Waals surface area contributed by atoms with Crippen LogP contribution in [0.25, 0.3) is 0 Å². The van der Waals surface area contributed by atoms with Gasteiger partial charge in [-0.05, 0) is 50.6 Å². The number of methoxy groups -OCH3 is 1. The second kappa shape index (κ2) is 5.52. The van der Waals surface area contributed by atoms with Gasteiger partial charge in [0, 0.05) is 4.47 Å². The lowest BCUT2D eigenvalue weighted by Crippen LogP contribution is -2.11. The average Bonchev–Trinajstić information content (AvgIpc) is 2.75. The predicted molar refractivity (Wildman–Crippen MR) is 78.7 cm³/mol. The molecule has 0 aliphatic carbocycles. The Morgan fingerprint density at radius 1 is 1.29 bits per heavy atom. The molecule has 0 aliphatic rings. The minimum absolute atomic E-state index is 0.127. The molecule has 1 aromatic carbocycles. The lowest BCUT2D eigenvalue weighted by molar-refractivity contribution is 0.414. The van der Waals surface area contributed by atoms with Crippen molar-refractivity contribution in [1.82, 2.24) is 0 Å². The lowest BCUT2D eigenvalue weighted by Gasteiger charge is -2.13. The fraction of sp³-hybridized carbons (Fsp3) is 0.167. The van der Waals surface area contributed by atoms with Crippen molar-refractivity contribution in [3.63, 3.8) is 0 Å². The smallest absolute Gasteiger partial charge is 0.120 e. The van der Waals surface area contributed by atoms with Gasteiger partial charge in [0.05, 0.1) is 16.9 Å². The first-order valence-electron chi connectivity index (χ1n) is 4.94. The second-order valence-electron chi connectivity index (χ2n) is 3.55. The summed E-state index contributed by atoms with van der Waals surface area (Å²) in [5.74, 6) is 0.819. The van der Waals surface area contributed by atoms with Crippen molar-refractivity contribution in [2.24, 2.45) is 5.73 Å². The lowest BCUT2D eigenvalue weighted by atomic mass is 10.0. The van der Waals surface area contributed by atoms with E-state index >= 15 is 0 Å². The van der Waals surface area contributed by atoms with Gasteiger partial charge in [0.15, 0.2) is 0 Å². The van der Waals surface area contributed by atoms with Crippen LogP contribution in [0.1, 0.15) is 17.2 Å². The number of benzene rings is 1. The molecule has 17 heavy (non-hydrogen) atoms. The first kappa shape index (κ1) is 13.1. The average molecular weight is 377 g/mol. The predicted octanol–water partition coefficient (Wildman–Crippen LogP) is 4.33. The summed E-state index contributed by atoms with van der Waals surface area (Å²) in [6.07, 6.45) is 0. The summed E-state index contributed by atoms with van der Waals surface area (Å²) in [4.78, 5) is 0. The van der Waals surface area contributed by atoms with Crippen LogP contribution in [0.2, 0.25) is 0 Å². The summed E-state index contributed by atoms with van der Waals surface area (Å²) < 4.78 is 7.22. The standard InChI is InChI=1S/C12H11Br2NOS/c1-16-8-2-3-9(10(13)5-8)12(15)7-4-11(14)17-6-7/h2-6,12H,15H2,1H3. The first-order chi connectivity index (χ1) is 8.11. The molecule has 2 rings (SSSR count). The van der Waals surface area contributed by atoms with Gasteiger partial charge in [-0.1, -0.05) is 22.0 Å². The topological polar surface area (TPSA) is 35.2 Å². The minimum Gasteiger partial charge on any atom is -0.497 e. The molecular formula is C12H11Br2NOS. The highest BCUT2D eigenvalue weighted by molar-refractivity contribution is 9.11. The van der Waals surface area contributed by atoms with Crippen molar-refractivity contribution < 1.29 is 4.74 Å². The number of rotatable bonds is 3. The SMILES string of the molecule is COc1ccc(C(N)c2csc(Br)c2)c(Br)c1. The number of halogens is 2. The Kier molecular flexibility index (Phi) is 4.25. The molecule has 2 aromatic rings. The molecule has 0 bridgehead atoms. The zero-order valence-corrected chi connectivity index (χ0v) is 13.1. The molecule has 0 saturated heterocycles. The highest BCUT2D eigenvalue weighted by atomic mass is 79.9. The Hall–Kier alpha value is -0.360. The van der Waals surface area contributed by atoms with E-state index in [0.29, 0.717) is 0 Å². The third-order valence-electron chi connectivity index (χ3n) is 2.49. The van der Waals surface area contributed by atoms with E-state index in [1.807, 2.05) is 24.3 Å². The highest BCUT2D eigenvalue weighted by Crippen LogP contribution is 2.33. The van der Waals surface area contributed by atoms with Crippen LogP contribution < -0.4 is 10.5 Å². The van der Waals surface area contributed by atoms with Crippen LogP contribution in [0.5, 0.6) is 5.75 Å². The molecule has 2 nitrogen and oxygen atoms in total. The summed E-state index contributed by atoms with van der Waals surface area (Å²) >= 11 is 8.61. The molecule has 0 spiro atoms. The maximum absolute atomic E-state index is 6.24. The molecule has 2 N–H and O–H groups in total. The van der Waals surface area contributed by atoms with E-state index in [1.165, 1.54) is 0 Å². The van der Waals surface area contributed by atoms with Crippen molar-refractivity contribution in [2.45, 2.75) is 6.04 Å². The van der Waals surface area contributed by atoms with E-state index in [-0.39, 0.29) is 6.04 Å². The highest BCUT2D eigenvalue weighted by Gasteiger charge is 2.14. The van der Waals surface area contributed by atoms with Crippen molar-refractivity contribution in [1.29, 1.82) is 0 Å². The largest absolute Gasteiger partial charge is 0.497 e. The van der Waals surface area contributed by atoms with Gasteiger partial charge in [-0.25, -0.2) is 0 Å². The van der Waals surface area contributed by atoms with Crippen LogP contribution in [0.4, 0.5) is 0 Å². The number of hydrogen-bond acceptors (Lipinski definition) is 3. The third kappa shape index (κ3) is 2.91. The van der Waals surface area contributed by atoms with Crippen LogP contribution in [0.15, 0.2) is 37.9 Å². The van der Waals surface area contributed by atoms with E-state index < -0.39 is 0 Å². The van der Waals surface area contributed by atoms with Crippen LogP contribution >= 0.6 is 43.2 Å². The summed E-state index contributed by atoms with van der Waals surface area (Å²) in [5.41, 5.74) is 8.39. The molecule has 1 unspecified atom stereocenters. The number of hydrogen-bond donors (Lipinski definition) is 1.